The minimum atomic E-state index is -0.420. The van der Waals surface area contributed by atoms with E-state index in [1.807, 2.05) is 0 Å². The molecule has 0 spiro atoms. The summed E-state index contributed by atoms with van der Waals surface area (Å²) in [5, 5.41) is 2.47. The van der Waals surface area contributed by atoms with Gasteiger partial charge in [-0.1, -0.05) is 27.4 Å². The van der Waals surface area contributed by atoms with E-state index in [4.69, 9.17) is 4.74 Å². The molecule has 0 aliphatic carbocycles. The van der Waals surface area contributed by atoms with Crippen LogP contribution in [0, 0.1) is 5.41 Å². The van der Waals surface area contributed by atoms with Crippen molar-refractivity contribution in [2.45, 2.75) is 34.1 Å². The van der Waals surface area contributed by atoms with Gasteiger partial charge in [-0.15, -0.1) is 0 Å². The molecule has 0 aliphatic heterocycles. The summed E-state index contributed by atoms with van der Waals surface area (Å²) in [7, 11) is 0. The second kappa shape index (κ2) is 4.90. The molecule has 0 aliphatic rings. The average Bonchev–Trinajstić information content (AvgIpc) is 1.81. The Morgan fingerprint density at radius 3 is 2.38 bits per heavy atom. The minimum Gasteiger partial charge on any atom is -0.449 e. The van der Waals surface area contributed by atoms with Gasteiger partial charge in [0.25, 0.3) is 0 Å². The molecule has 13 heavy (non-hydrogen) atoms. The number of ether oxygens (including phenoxy) is 1. The summed E-state index contributed by atoms with van der Waals surface area (Å²) < 4.78 is 4.92. The van der Waals surface area contributed by atoms with Gasteiger partial charge in [-0.2, -0.15) is 0 Å². The van der Waals surface area contributed by atoms with E-state index in [1.54, 1.807) is 6.92 Å². The van der Waals surface area contributed by atoms with Crippen molar-refractivity contribution in [1.82, 2.24) is 5.32 Å². The van der Waals surface area contributed by atoms with E-state index >= 15 is 0 Å². The molecule has 1 amide bonds. The first-order chi connectivity index (χ1) is 5.81. The molecule has 0 radical (unpaired) electrons. The zero-order valence-electron chi connectivity index (χ0n) is 8.94. The van der Waals surface area contributed by atoms with Gasteiger partial charge in [0.2, 0.25) is 0 Å². The van der Waals surface area contributed by atoms with Crippen LogP contribution in [0.3, 0.4) is 0 Å². The second-order valence-electron chi connectivity index (χ2n) is 4.35. The molecule has 1 N–H and O–H groups in total. The summed E-state index contributed by atoms with van der Waals surface area (Å²) in [6, 6.07) is 0. The average molecular weight is 185 g/mol. The summed E-state index contributed by atoms with van der Waals surface area (Å²) in [5.41, 5.74) is 0.796. The van der Waals surface area contributed by atoms with Crippen LogP contribution >= 0.6 is 0 Å². The molecule has 0 saturated carbocycles. The SMILES string of the molecule is C=C(C)NC(=O)OCCC(C)(C)C. The molecular formula is C10H19NO2. The van der Waals surface area contributed by atoms with Gasteiger partial charge in [-0.05, 0) is 18.8 Å². The molecule has 0 aromatic rings. The first-order valence-electron chi connectivity index (χ1n) is 4.40. The normalized spacial score (nSPS) is 10.8. The van der Waals surface area contributed by atoms with Crippen molar-refractivity contribution in [1.29, 1.82) is 0 Å². The van der Waals surface area contributed by atoms with Crippen molar-refractivity contribution in [2.75, 3.05) is 6.61 Å². The third-order valence-corrected chi connectivity index (χ3v) is 1.40. The number of rotatable bonds is 3. The summed E-state index contributed by atoms with van der Waals surface area (Å²) in [6.45, 7) is 12.0. The largest absolute Gasteiger partial charge is 0.449 e. The maximum absolute atomic E-state index is 10.9. The second-order valence-corrected chi connectivity index (χ2v) is 4.35. The van der Waals surface area contributed by atoms with Crippen LogP contribution < -0.4 is 5.32 Å². The summed E-state index contributed by atoms with van der Waals surface area (Å²) in [4.78, 5) is 10.9. The molecule has 0 fully saturated rings. The number of hydrogen-bond donors (Lipinski definition) is 1. The number of nitrogens with one attached hydrogen (secondary N) is 1. The van der Waals surface area contributed by atoms with E-state index in [2.05, 4.69) is 32.7 Å². The Morgan fingerprint density at radius 2 is 2.00 bits per heavy atom. The zero-order chi connectivity index (χ0) is 10.5. The Hall–Kier alpha value is -0.990. The number of hydrogen-bond acceptors (Lipinski definition) is 2. The standard InChI is InChI=1S/C10H19NO2/c1-8(2)11-9(12)13-7-6-10(3,4)5/h1,6-7H2,2-5H3,(H,11,12). The van der Waals surface area contributed by atoms with E-state index in [1.165, 1.54) is 0 Å². The summed E-state index contributed by atoms with van der Waals surface area (Å²) in [5.74, 6) is 0. The number of alkyl carbamates (subject to hydrolysis) is 1. The lowest BCUT2D eigenvalue weighted by atomic mass is 9.93. The molecule has 76 valence electrons. The fourth-order valence-electron chi connectivity index (χ4n) is 0.660. The molecule has 0 aromatic heterocycles. The Kier molecular flexibility index (Phi) is 4.52. The predicted molar refractivity (Wildman–Crippen MR) is 53.4 cm³/mol. The van der Waals surface area contributed by atoms with Gasteiger partial charge in [0.05, 0.1) is 6.61 Å². The highest BCUT2D eigenvalue weighted by Crippen LogP contribution is 2.17. The lowest BCUT2D eigenvalue weighted by Gasteiger charge is -2.17. The predicted octanol–water partition coefficient (Wildman–Crippen LogP) is 2.68. The van der Waals surface area contributed by atoms with Crippen molar-refractivity contribution in [3.63, 3.8) is 0 Å². The van der Waals surface area contributed by atoms with Crippen LogP contribution in [-0.4, -0.2) is 12.7 Å². The van der Waals surface area contributed by atoms with Crippen molar-refractivity contribution >= 4 is 6.09 Å². The molecule has 0 atom stereocenters. The van der Waals surface area contributed by atoms with Gasteiger partial charge < -0.3 is 4.74 Å². The molecular weight excluding hydrogens is 166 g/mol. The maximum atomic E-state index is 10.9. The smallest absolute Gasteiger partial charge is 0.411 e. The van der Waals surface area contributed by atoms with E-state index in [9.17, 15) is 4.79 Å². The zero-order valence-corrected chi connectivity index (χ0v) is 8.94. The Bertz CT molecular complexity index is 192. The molecule has 0 heterocycles. The Balaban J connectivity index is 3.54. The van der Waals surface area contributed by atoms with Gasteiger partial charge in [0.1, 0.15) is 0 Å². The van der Waals surface area contributed by atoms with Crippen LogP contribution in [0.25, 0.3) is 0 Å². The highest BCUT2D eigenvalue weighted by atomic mass is 16.5. The van der Waals surface area contributed by atoms with Crippen molar-refractivity contribution in [2.24, 2.45) is 5.41 Å². The molecule has 0 unspecified atom stereocenters. The third-order valence-electron chi connectivity index (χ3n) is 1.40. The fourth-order valence-corrected chi connectivity index (χ4v) is 0.660. The van der Waals surface area contributed by atoms with Gasteiger partial charge >= 0.3 is 6.09 Å². The highest BCUT2D eigenvalue weighted by Gasteiger charge is 2.11. The monoisotopic (exact) mass is 185 g/mol. The van der Waals surface area contributed by atoms with E-state index < -0.39 is 6.09 Å². The first-order valence-corrected chi connectivity index (χ1v) is 4.40. The van der Waals surface area contributed by atoms with Crippen molar-refractivity contribution in [3.05, 3.63) is 12.3 Å². The van der Waals surface area contributed by atoms with Crippen LogP contribution in [0.5, 0.6) is 0 Å². The van der Waals surface area contributed by atoms with Crippen LogP contribution in [0.4, 0.5) is 4.79 Å². The van der Waals surface area contributed by atoms with Crippen LogP contribution in [0.1, 0.15) is 34.1 Å². The number of amides is 1. The topological polar surface area (TPSA) is 38.3 Å². The third kappa shape index (κ3) is 8.92. The highest BCUT2D eigenvalue weighted by molar-refractivity contribution is 5.69. The summed E-state index contributed by atoms with van der Waals surface area (Å²) in [6.07, 6.45) is 0.438. The van der Waals surface area contributed by atoms with Gasteiger partial charge in [-0.3, -0.25) is 5.32 Å². The number of carbonyl (C=O) groups excluding carboxylic acids is 1. The van der Waals surface area contributed by atoms with E-state index in [0.717, 1.165) is 6.42 Å². The maximum Gasteiger partial charge on any atom is 0.411 e. The quantitative estimate of drug-likeness (QED) is 0.734. The lowest BCUT2D eigenvalue weighted by molar-refractivity contribution is 0.134. The molecule has 0 rings (SSSR count). The van der Waals surface area contributed by atoms with E-state index in [0.29, 0.717) is 12.3 Å². The van der Waals surface area contributed by atoms with Gasteiger partial charge in [0.15, 0.2) is 0 Å². The number of allylic oxidation sites excluding steroid dienone is 1. The van der Waals surface area contributed by atoms with Crippen LogP contribution in [0.15, 0.2) is 12.3 Å². The Labute approximate surface area is 80.2 Å². The molecule has 0 bridgehead atoms. The van der Waals surface area contributed by atoms with Crippen LogP contribution in [0.2, 0.25) is 0 Å². The fraction of sp³-hybridized carbons (Fsp3) is 0.700. The van der Waals surface area contributed by atoms with E-state index in [-0.39, 0.29) is 5.41 Å². The van der Waals surface area contributed by atoms with Gasteiger partial charge in [0, 0.05) is 5.70 Å². The van der Waals surface area contributed by atoms with Crippen molar-refractivity contribution in [3.8, 4) is 0 Å². The van der Waals surface area contributed by atoms with Crippen molar-refractivity contribution < 1.29 is 9.53 Å². The molecule has 3 heteroatoms. The lowest BCUT2D eigenvalue weighted by Crippen LogP contribution is -2.23. The Morgan fingerprint density at radius 1 is 1.46 bits per heavy atom. The minimum absolute atomic E-state index is 0.198. The molecule has 3 nitrogen and oxygen atoms in total. The number of carbonyl (C=O) groups is 1. The first kappa shape index (κ1) is 12.0. The molecule has 0 aromatic carbocycles. The molecule has 0 saturated heterocycles. The van der Waals surface area contributed by atoms with Gasteiger partial charge in [-0.25, -0.2) is 4.79 Å². The summed E-state index contributed by atoms with van der Waals surface area (Å²) >= 11 is 0. The van der Waals surface area contributed by atoms with Crippen LogP contribution in [-0.2, 0) is 4.74 Å².